The lowest BCUT2D eigenvalue weighted by atomic mass is 10.2. The molecule has 0 aromatic heterocycles. The molecule has 2 unspecified atom stereocenters. The second-order valence-corrected chi connectivity index (χ2v) is 7.24. The summed E-state index contributed by atoms with van der Waals surface area (Å²) in [6.07, 6.45) is 0.138. The van der Waals surface area contributed by atoms with Gasteiger partial charge in [-0.25, -0.2) is 0 Å². The molecule has 4 nitrogen and oxygen atoms in total. The summed E-state index contributed by atoms with van der Waals surface area (Å²) < 4.78 is 11.9. The van der Waals surface area contributed by atoms with E-state index < -0.39 is 16.9 Å². The zero-order chi connectivity index (χ0) is 15.3. The summed E-state index contributed by atoms with van der Waals surface area (Å²) in [5.41, 5.74) is 0.572. The Labute approximate surface area is 123 Å². The zero-order valence-electron chi connectivity index (χ0n) is 12.5. The van der Waals surface area contributed by atoms with E-state index in [-0.39, 0.29) is 11.2 Å². The molecule has 1 aromatic rings. The minimum absolute atomic E-state index is 0.0604. The highest BCUT2D eigenvalue weighted by Crippen LogP contribution is 2.13. The number of amides is 1. The lowest BCUT2D eigenvalue weighted by molar-refractivity contribution is 0.0769. The first-order valence-electron chi connectivity index (χ1n) is 6.77. The van der Waals surface area contributed by atoms with E-state index in [1.54, 1.807) is 43.1 Å². The van der Waals surface area contributed by atoms with E-state index in [0.717, 1.165) is 4.90 Å². The second kappa shape index (κ2) is 7.55. The first-order chi connectivity index (χ1) is 9.32. The molecule has 1 amide bonds. The third-order valence-corrected chi connectivity index (χ3v) is 4.58. The number of carbonyl (C=O) groups excluding carboxylic acids is 1. The van der Waals surface area contributed by atoms with Crippen LogP contribution in [0, 0.1) is 0 Å². The van der Waals surface area contributed by atoms with Gasteiger partial charge in [0, 0.05) is 29.3 Å². The standard InChI is InChI=1S/C15H23NO3S/c1-11(2)20(19)14-7-5-13(6-8-14)15(18)16(4)10-9-12(3)17/h5-8,11-12,17H,9-10H2,1-4H3. The van der Waals surface area contributed by atoms with Gasteiger partial charge < -0.3 is 10.0 Å². The summed E-state index contributed by atoms with van der Waals surface area (Å²) in [5, 5.41) is 9.29. The molecule has 1 rings (SSSR count). The number of carbonyl (C=O) groups is 1. The SMILES string of the molecule is CC(O)CCN(C)C(=O)c1ccc(S(=O)C(C)C)cc1. The van der Waals surface area contributed by atoms with Crippen molar-refractivity contribution in [1.29, 1.82) is 0 Å². The van der Waals surface area contributed by atoms with Crippen molar-refractivity contribution in [3.05, 3.63) is 29.8 Å². The van der Waals surface area contributed by atoms with Crippen LogP contribution in [-0.4, -0.2) is 45.1 Å². The molecule has 5 heteroatoms. The summed E-state index contributed by atoms with van der Waals surface area (Å²) in [6, 6.07) is 6.89. The molecule has 0 spiro atoms. The van der Waals surface area contributed by atoms with Gasteiger partial charge in [0.25, 0.3) is 5.91 Å². The summed E-state index contributed by atoms with van der Waals surface area (Å²) in [6.45, 7) is 6.02. The van der Waals surface area contributed by atoms with Gasteiger partial charge in [-0.3, -0.25) is 9.00 Å². The van der Waals surface area contributed by atoms with E-state index in [9.17, 15) is 14.1 Å². The van der Waals surface area contributed by atoms with E-state index in [4.69, 9.17) is 0 Å². The van der Waals surface area contributed by atoms with E-state index in [0.29, 0.717) is 18.5 Å². The van der Waals surface area contributed by atoms with Gasteiger partial charge in [0.2, 0.25) is 0 Å². The van der Waals surface area contributed by atoms with Crippen molar-refractivity contribution in [2.75, 3.05) is 13.6 Å². The molecule has 0 radical (unpaired) electrons. The molecule has 0 fully saturated rings. The minimum Gasteiger partial charge on any atom is -0.393 e. The fourth-order valence-electron chi connectivity index (χ4n) is 1.71. The minimum atomic E-state index is -1.03. The molecule has 112 valence electrons. The molecule has 0 aliphatic heterocycles. The van der Waals surface area contributed by atoms with Gasteiger partial charge in [-0.2, -0.15) is 0 Å². The van der Waals surface area contributed by atoms with Crippen molar-refractivity contribution in [2.24, 2.45) is 0 Å². The van der Waals surface area contributed by atoms with E-state index in [1.165, 1.54) is 0 Å². The maximum absolute atomic E-state index is 12.1. The lowest BCUT2D eigenvalue weighted by Crippen LogP contribution is -2.29. The van der Waals surface area contributed by atoms with Crippen molar-refractivity contribution >= 4 is 16.7 Å². The van der Waals surface area contributed by atoms with Crippen LogP contribution in [0.5, 0.6) is 0 Å². The Kier molecular flexibility index (Phi) is 6.36. The smallest absolute Gasteiger partial charge is 0.253 e. The molecule has 0 heterocycles. The number of aliphatic hydroxyl groups is 1. The average molecular weight is 297 g/mol. The van der Waals surface area contributed by atoms with Crippen LogP contribution < -0.4 is 0 Å². The van der Waals surface area contributed by atoms with Crippen molar-refractivity contribution in [1.82, 2.24) is 4.90 Å². The Morgan fingerprint density at radius 3 is 2.25 bits per heavy atom. The van der Waals surface area contributed by atoms with Crippen LogP contribution in [0.25, 0.3) is 0 Å². The zero-order valence-corrected chi connectivity index (χ0v) is 13.3. The first kappa shape index (κ1) is 16.9. The molecule has 0 aliphatic carbocycles. The monoisotopic (exact) mass is 297 g/mol. The molecule has 2 atom stereocenters. The van der Waals surface area contributed by atoms with Gasteiger partial charge in [0.05, 0.1) is 16.9 Å². The lowest BCUT2D eigenvalue weighted by Gasteiger charge is -2.18. The fourth-order valence-corrected chi connectivity index (χ4v) is 2.65. The van der Waals surface area contributed by atoms with Gasteiger partial charge in [0.15, 0.2) is 0 Å². The summed E-state index contributed by atoms with van der Waals surface area (Å²) in [4.78, 5) is 14.5. The predicted molar refractivity (Wildman–Crippen MR) is 81.2 cm³/mol. The number of nitrogens with zero attached hydrogens (tertiary/aromatic N) is 1. The van der Waals surface area contributed by atoms with Gasteiger partial charge >= 0.3 is 0 Å². The highest BCUT2D eigenvalue weighted by molar-refractivity contribution is 7.85. The summed E-state index contributed by atoms with van der Waals surface area (Å²) in [5.74, 6) is -0.0903. The first-order valence-corrected chi connectivity index (χ1v) is 7.98. The van der Waals surface area contributed by atoms with Gasteiger partial charge in [-0.1, -0.05) is 13.8 Å². The Hall–Kier alpha value is -1.20. The Balaban J connectivity index is 2.73. The van der Waals surface area contributed by atoms with E-state index in [2.05, 4.69) is 0 Å². The van der Waals surface area contributed by atoms with Crippen molar-refractivity contribution in [3.8, 4) is 0 Å². The maximum atomic E-state index is 12.1. The number of hydrogen-bond acceptors (Lipinski definition) is 3. The molecular weight excluding hydrogens is 274 g/mol. The largest absolute Gasteiger partial charge is 0.393 e. The third-order valence-electron chi connectivity index (χ3n) is 2.99. The van der Waals surface area contributed by atoms with Crippen LogP contribution >= 0.6 is 0 Å². The maximum Gasteiger partial charge on any atom is 0.253 e. The molecule has 0 saturated carbocycles. The molecule has 0 saturated heterocycles. The van der Waals surface area contributed by atoms with Gasteiger partial charge in [-0.15, -0.1) is 0 Å². The van der Waals surface area contributed by atoms with Crippen LogP contribution in [0.15, 0.2) is 29.2 Å². The Bertz CT molecular complexity index is 469. The molecule has 0 bridgehead atoms. The number of aliphatic hydroxyl groups excluding tert-OH is 1. The molecule has 1 N–H and O–H groups in total. The van der Waals surface area contributed by atoms with Gasteiger partial charge in [-0.05, 0) is 37.6 Å². The number of hydrogen-bond donors (Lipinski definition) is 1. The number of rotatable bonds is 6. The fraction of sp³-hybridized carbons (Fsp3) is 0.533. The average Bonchev–Trinajstić information content (AvgIpc) is 2.43. The molecule has 0 aliphatic rings. The van der Waals surface area contributed by atoms with Crippen molar-refractivity contribution in [3.63, 3.8) is 0 Å². The summed E-state index contributed by atoms with van der Waals surface area (Å²) in [7, 11) is 0.678. The van der Waals surface area contributed by atoms with Gasteiger partial charge in [0.1, 0.15) is 0 Å². The quantitative estimate of drug-likeness (QED) is 0.874. The number of benzene rings is 1. The van der Waals surface area contributed by atoms with Crippen molar-refractivity contribution < 1.29 is 14.1 Å². The third kappa shape index (κ3) is 4.72. The van der Waals surface area contributed by atoms with Crippen LogP contribution in [0.1, 0.15) is 37.6 Å². The van der Waals surface area contributed by atoms with Crippen LogP contribution in [0.3, 0.4) is 0 Å². The van der Waals surface area contributed by atoms with Crippen LogP contribution in [-0.2, 0) is 10.8 Å². The Morgan fingerprint density at radius 1 is 1.25 bits per heavy atom. The molecular formula is C15H23NO3S. The summed E-state index contributed by atoms with van der Waals surface area (Å²) >= 11 is 0. The van der Waals surface area contributed by atoms with Crippen molar-refractivity contribution in [2.45, 2.75) is 43.4 Å². The van der Waals surface area contributed by atoms with E-state index in [1.807, 2.05) is 13.8 Å². The highest BCUT2D eigenvalue weighted by atomic mass is 32.2. The second-order valence-electron chi connectivity index (χ2n) is 5.23. The van der Waals surface area contributed by atoms with Crippen LogP contribution in [0.4, 0.5) is 0 Å². The van der Waals surface area contributed by atoms with E-state index >= 15 is 0 Å². The Morgan fingerprint density at radius 2 is 1.80 bits per heavy atom. The molecule has 1 aromatic carbocycles. The molecule has 20 heavy (non-hydrogen) atoms. The normalized spacial score (nSPS) is 14.1. The highest BCUT2D eigenvalue weighted by Gasteiger charge is 2.14. The predicted octanol–water partition coefficient (Wildman–Crippen LogP) is 2.05. The van der Waals surface area contributed by atoms with Crippen LogP contribution in [0.2, 0.25) is 0 Å². The topological polar surface area (TPSA) is 57.6 Å².